The maximum absolute atomic E-state index is 11.9. The van der Waals surface area contributed by atoms with Gasteiger partial charge >= 0.3 is 5.51 Å². The van der Waals surface area contributed by atoms with Gasteiger partial charge in [-0.2, -0.15) is 18.4 Å². The van der Waals surface area contributed by atoms with Crippen molar-refractivity contribution >= 4 is 17.7 Å². The van der Waals surface area contributed by atoms with E-state index in [1.165, 1.54) is 0 Å². The monoisotopic (exact) mass is 302 g/mol. The highest BCUT2D eigenvalue weighted by atomic mass is 32.2. The predicted molar refractivity (Wildman–Crippen MR) is 70.8 cm³/mol. The van der Waals surface area contributed by atoms with Gasteiger partial charge in [-0.15, -0.1) is 0 Å². The van der Waals surface area contributed by atoms with Gasteiger partial charge in [-0.25, -0.2) is 0 Å². The number of carbonyl (C=O) groups is 1. The SMILES string of the molecule is C[C@H](NC(=O)CCSC(F)(F)F)c1ccc(C#N)cc1. The lowest BCUT2D eigenvalue weighted by molar-refractivity contribution is -0.121. The van der Waals surface area contributed by atoms with E-state index in [1.54, 1.807) is 31.2 Å². The molecule has 0 spiro atoms. The predicted octanol–water partition coefficient (Wildman–Crippen LogP) is 3.38. The summed E-state index contributed by atoms with van der Waals surface area (Å²) in [5.41, 5.74) is -3.01. The van der Waals surface area contributed by atoms with Crippen LogP contribution in [0.5, 0.6) is 0 Å². The quantitative estimate of drug-likeness (QED) is 0.907. The Morgan fingerprint density at radius 3 is 2.50 bits per heavy atom. The van der Waals surface area contributed by atoms with Crippen molar-refractivity contribution in [1.82, 2.24) is 5.32 Å². The minimum Gasteiger partial charge on any atom is -0.350 e. The van der Waals surface area contributed by atoms with E-state index in [9.17, 15) is 18.0 Å². The standard InChI is InChI=1S/C13H13F3N2OS/c1-9(11-4-2-10(8-17)3-5-11)18-12(19)6-7-20-13(14,15)16/h2-5,9H,6-7H2,1H3,(H,18,19)/t9-/m0/s1. The summed E-state index contributed by atoms with van der Waals surface area (Å²) in [6.45, 7) is 1.73. The summed E-state index contributed by atoms with van der Waals surface area (Å²) in [6.07, 6.45) is -0.190. The fourth-order valence-corrected chi connectivity index (χ4v) is 2.02. The van der Waals surface area contributed by atoms with E-state index >= 15 is 0 Å². The van der Waals surface area contributed by atoms with E-state index < -0.39 is 11.4 Å². The summed E-state index contributed by atoms with van der Waals surface area (Å²) in [4.78, 5) is 11.5. The molecular formula is C13H13F3N2OS. The van der Waals surface area contributed by atoms with Gasteiger partial charge in [0.2, 0.25) is 5.91 Å². The van der Waals surface area contributed by atoms with Crippen molar-refractivity contribution in [3.63, 3.8) is 0 Å². The molecule has 0 bridgehead atoms. The van der Waals surface area contributed by atoms with Crippen molar-refractivity contribution in [2.75, 3.05) is 5.75 Å². The number of hydrogen-bond donors (Lipinski definition) is 1. The maximum Gasteiger partial charge on any atom is 0.441 e. The van der Waals surface area contributed by atoms with Crippen LogP contribution in [0.4, 0.5) is 13.2 Å². The lowest BCUT2D eigenvalue weighted by Crippen LogP contribution is -2.27. The molecule has 0 aliphatic rings. The van der Waals surface area contributed by atoms with Crippen LogP contribution in [-0.2, 0) is 4.79 Å². The molecule has 3 nitrogen and oxygen atoms in total. The van der Waals surface area contributed by atoms with E-state index in [1.807, 2.05) is 6.07 Å². The maximum atomic E-state index is 11.9. The lowest BCUT2D eigenvalue weighted by atomic mass is 10.1. The van der Waals surface area contributed by atoms with Crippen LogP contribution in [0.3, 0.4) is 0 Å². The molecule has 1 N–H and O–H groups in total. The average molecular weight is 302 g/mol. The van der Waals surface area contributed by atoms with E-state index in [2.05, 4.69) is 5.32 Å². The van der Waals surface area contributed by atoms with Crippen molar-refractivity contribution in [1.29, 1.82) is 5.26 Å². The van der Waals surface area contributed by atoms with Gasteiger partial charge in [0, 0.05) is 12.2 Å². The third kappa shape index (κ3) is 5.97. The number of benzene rings is 1. The number of amides is 1. The number of rotatable bonds is 5. The molecule has 0 radical (unpaired) electrons. The molecule has 0 fully saturated rings. The second kappa shape index (κ2) is 7.20. The zero-order valence-electron chi connectivity index (χ0n) is 10.7. The molecule has 0 saturated carbocycles. The molecule has 0 saturated heterocycles. The van der Waals surface area contributed by atoms with Gasteiger partial charge in [0.25, 0.3) is 0 Å². The van der Waals surface area contributed by atoms with Crippen LogP contribution in [0.15, 0.2) is 24.3 Å². The van der Waals surface area contributed by atoms with E-state index in [0.29, 0.717) is 5.56 Å². The van der Waals surface area contributed by atoms with Crippen LogP contribution >= 0.6 is 11.8 Å². The topological polar surface area (TPSA) is 52.9 Å². The number of thioether (sulfide) groups is 1. The molecule has 1 rings (SSSR count). The number of carbonyl (C=O) groups excluding carboxylic acids is 1. The number of nitriles is 1. The Morgan fingerprint density at radius 2 is 2.00 bits per heavy atom. The van der Waals surface area contributed by atoms with Gasteiger partial charge in [0.05, 0.1) is 17.7 Å². The number of hydrogen-bond acceptors (Lipinski definition) is 3. The molecule has 1 atom stereocenters. The highest BCUT2D eigenvalue weighted by Crippen LogP contribution is 2.30. The van der Waals surface area contributed by atoms with E-state index in [4.69, 9.17) is 5.26 Å². The first-order chi connectivity index (χ1) is 9.31. The van der Waals surface area contributed by atoms with Gasteiger partial charge < -0.3 is 5.32 Å². The molecule has 7 heteroatoms. The summed E-state index contributed by atoms with van der Waals surface area (Å²) in [7, 11) is 0. The Hall–Kier alpha value is -1.68. The summed E-state index contributed by atoms with van der Waals surface area (Å²) in [5.74, 6) is -0.728. The fraction of sp³-hybridized carbons (Fsp3) is 0.385. The third-order valence-electron chi connectivity index (χ3n) is 2.51. The van der Waals surface area contributed by atoms with Gasteiger partial charge in [0.15, 0.2) is 0 Å². The first kappa shape index (κ1) is 16.4. The first-order valence-corrected chi connectivity index (χ1v) is 6.80. The number of nitrogens with one attached hydrogen (secondary N) is 1. The highest BCUT2D eigenvalue weighted by Gasteiger charge is 2.27. The Kier molecular flexibility index (Phi) is 5.89. The molecule has 0 aromatic heterocycles. The van der Waals surface area contributed by atoms with E-state index in [0.717, 1.165) is 5.56 Å². The summed E-state index contributed by atoms with van der Waals surface area (Å²) in [6, 6.07) is 8.32. The molecule has 0 heterocycles. The molecule has 1 aromatic carbocycles. The van der Waals surface area contributed by atoms with Crippen LogP contribution in [0.1, 0.15) is 30.5 Å². The zero-order valence-corrected chi connectivity index (χ0v) is 11.5. The van der Waals surface area contributed by atoms with Crippen molar-refractivity contribution < 1.29 is 18.0 Å². The summed E-state index contributed by atoms with van der Waals surface area (Å²) < 4.78 is 35.7. The lowest BCUT2D eigenvalue weighted by Gasteiger charge is -2.14. The van der Waals surface area contributed by atoms with Gasteiger partial charge in [0.1, 0.15) is 0 Å². The minimum atomic E-state index is -4.31. The molecule has 0 unspecified atom stereocenters. The van der Waals surface area contributed by atoms with Crippen molar-refractivity contribution in [2.45, 2.75) is 24.9 Å². The third-order valence-corrected chi connectivity index (χ3v) is 3.25. The van der Waals surface area contributed by atoms with E-state index in [-0.39, 0.29) is 30.0 Å². The van der Waals surface area contributed by atoms with Crippen LogP contribution in [0.25, 0.3) is 0 Å². The Labute approximate surface area is 119 Å². The molecule has 0 aliphatic heterocycles. The molecular weight excluding hydrogens is 289 g/mol. The van der Waals surface area contributed by atoms with Crippen molar-refractivity contribution in [3.05, 3.63) is 35.4 Å². The minimum absolute atomic E-state index is 0.190. The molecule has 0 aliphatic carbocycles. The van der Waals surface area contributed by atoms with Crippen molar-refractivity contribution in [3.8, 4) is 6.07 Å². The van der Waals surface area contributed by atoms with Crippen LogP contribution < -0.4 is 5.32 Å². The van der Waals surface area contributed by atoms with Crippen LogP contribution in [-0.4, -0.2) is 17.2 Å². The first-order valence-electron chi connectivity index (χ1n) is 5.82. The van der Waals surface area contributed by atoms with Crippen molar-refractivity contribution in [2.24, 2.45) is 0 Å². The second-order valence-corrected chi connectivity index (χ2v) is 5.23. The fourth-order valence-electron chi connectivity index (χ4n) is 1.50. The Morgan fingerprint density at radius 1 is 1.40 bits per heavy atom. The Bertz CT molecular complexity index is 494. The molecule has 20 heavy (non-hydrogen) atoms. The van der Waals surface area contributed by atoms with Gasteiger partial charge in [-0.05, 0) is 24.6 Å². The molecule has 1 aromatic rings. The van der Waals surface area contributed by atoms with Gasteiger partial charge in [-0.1, -0.05) is 23.9 Å². The Balaban J connectivity index is 2.43. The average Bonchev–Trinajstić information content (AvgIpc) is 2.37. The summed E-state index contributed by atoms with van der Waals surface area (Å²) in [5, 5.41) is 11.3. The second-order valence-electron chi connectivity index (χ2n) is 4.07. The smallest absolute Gasteiger partial charge is 0.350 e. The van der Waals surface area contributed by atoms with Crippen LogP contribution in [0, 0.1) is 11.3 Å². The molecule has 1 amide bonds. The van der Waals surface area contributed by atoms with Crippen LogP contribution in [0.2, 0.25) is 0 Å². The largest absolute Gasteiger partial charge is 0.441 e. The summed E-state index contributed by atoms with van der Waals surface area (Å²) >= 11 is -0.207. The number of alkyl halides is 3. The molecule has 108 valence electrons. The normalized spacial score (nSPS) is 12.6. The zero-order chi connectivity index (χ0) is 15.2. The highest BCUT2D eigenvalue weighted by molar-refractivity contribution is 8.00. The number of nitrogens with zero attached hydrogens (tertiary/aromatic N) is 1. The number of halogens is 3. The van der Waals surface area contributed by atoms with Gasteiger partial charge in [-0.3, -0.25) is 4.79 Å².